The zero-order valence-electron chi connectivity index (χ0n) is 13.4. The predicted octanol–water partition coefficient (Wildman–Crippen LogP) is 3.96. The molecule has 0 radical (unpaired) electrons. The van der Waals surface area contributed by atoms with Crippen LogP contribution < -0.4 is 0 Å². The third-order valence-electron chi connectivity index (χ3n) is 5.29. The van der Waals surface area contributed by atoms with Gasteiger partial charge in [0.05, 0.1) is 0 Å². The van der Waals surface area contributed by atoms with Crippen LogP contribution in [-0.4, -0.2) is 23.8 Å². The first kappa shape index (κ1) is 14.4. The van der Waals surface area contributed by atoms with Gasteiger partial charge in [0, 0.05) is 36.5 Å². The Balaban J connectivity index is 1.54. The van der Waals surface area contributed by atoms with Crippen molar-refractivity contribution in [3.05, 3.63) is 77.9 Å². The molecule has 2 nitrogen and oxygen atoms in total. The number of carbonyl (C=O) groups is 1. The normalized spacial score (nSPS) is 25.3. The van der Waals surface area contributed by atoms with Crippen molar-refractivity contribution >= 4 is 11.4 Å². The maximum atomic E-state index is 12.8. The summed E-state index contributed by atoms with van der Waals surface area (Å²) >= 11 is 0. The molecular weight excluding hydrogens is 282 g/mol. The van der Waals surface area contributed by atoms with Gasteiger partial charge in [-0.2, -0.15) is 0 Å². The summed E-state index contributed by atoms with van der Waals surface area (Å²) < 4.78 is 0. The van der Waals surface area contributed by atoms with Crippen LogP contribution in [0.15, 0.2) is 66.7 Å². The topological polar surface area (TPSA) is 20.3 Å². The van der Waals surface area contributed by atoms with Crippen LogP contribution >= 0.6 is 0 Å². The number of likely N-dealkylation sites (tertiary alicyclic amines) is 1. The molecule has 0 aromatic heterocycles. The molecule has 2 unspecified atom stereocenters. The summed E-state index contributed by atoms with van der Waals surface area (Å²) in [4.78, 5) is 15.2. The SMILES string of the molecule is C[C@@H](c1ccccc1)N1CC2C=C(c3ccccc3)C(=O)C2C1. The molecule has 1 heterocycles. The van der Waals surface area contributed by atoms with E-state index in [9.17, 15) is 4.79 Å². The summed E-state index contributed by atoms with van der Waals surface area (Å²) in [5.41, 5.74) is 3.31. The van der Waals surface area contributed by atoms with E-state index < -0.39 is 0 Å². The van der Waals surface area contributed by atoms with Crippen LogP contribution in [0.2, 0.25) is 0 Å². The van der Waals surface area contributed by atoms with Crippen LogP contribution in [0.5, 0.6) is 0 Å². The number of rotatable bonds is 3. The first-order valence-electron chi connectivity index (χ1n) is 8.34. The summed E-state index contributed by atoms with van der Waals surface area (Å²) in [5, 5.41) is 0. The molecule has 0 amide bonds. The molecule has 116 valence electrons. The number of carbonyl (C=O) groups excluding carboxylic acids is 1. The van der Waals surface area contributed by atoms with Crippen molar-refractivity contribution < 1.29 is 4.79 Å². The second-order valence-electron chi connectivity index (χ2n) is 6.62. The second-order valence-corrected chi connectivity index (χ2v) is 6.62. The Morgan fingerprint density at radius 1 is 0.957 bits per heavy atom. The van der Waals surface area contributed by atoms with Gasteiger partial charge in [-0.05, 0) is 18.1 Å². The minimum absolute atomic E-state index is 0.136. The Hall–Kier alpha value is -2.19. The first-order valence-corrected chi connectivity index (χ1v) is 8.34. The molecule has 4 rings (SSSR count). The fourth-order valence-corrected chi connectivity index (χ4v) is 3.92. The Labute approximate surface area is 137 Å². The monoisotopic (exact) mass is 303 g/mol. The number of fused-ring (bicyclic) bond motifs is 1. The summed E-state index contributed by atoms with van der Waals surface area (Å²) in [6.45, 7) is 4.08. The van der Waals surface area contributed by atoms with Gasteiger partial charge in [-0.25, -0.2) is 0 Å². The van der Waals surface area contributed by atoms with Crippen molar-refractivity contribution in [2.45, 2.75) is 13.0 Å². The number of nitrogens with zero attached hydrogens (tertiary/aromatic N) is 1. The van der Waals surface area contributed by atoms with E-state index in [1.54, 1.807) is 0 Å². The largest absolute Gasteiger partial charge is 0.295 e. The molecule has 1 aliphatic heterocycles. The first-order chi connectivity index (χ1) is 11.2. The lowest BCUT2D eigenvalue weighted by molar-refractivity contribution is -0.116. The molecule has 2 aromatic carbocycles. The van der Waals surface area contributed by atoms with E-state index in [4.69, 9.17) is 0 Å². The zero-order valence-corrected chi connectivity index (χ0v) is 13.4. The van der Waals surface area contributed by atoms with E-state index in [1.165, 1.54) is 5.56 Å². The number of benzene rings is 2. The van der Waals surface area contributed by atoms with Crippen LogP contribution in [-0.2, 0) is 4.79 Å². The highest BCUT2D eigenvalue weighted by molar-refractivity contribution is 6.24. The molecule has 1 fully saturated rings. The summed E-state index contributed by atoms with van der Waals surface area (Å²) in [6, 6.07) is 21.0. The molecule has 23 heavy (non-hydrogen) atoms. The number of Topliss-reactive ketones (excluding diaryl/α,β-unsaturated/α-hetero) is 1. The van der Waals surface area contributed by atoms with Gasteiger partial charge in [0.25, 0.3) is 0 Å². The summed E-state index contributed by atoms with van der Waals surface area (Å²) in [5.74, 6) is 0.823. The van der Waals surface area contributed by atoms with Gasteiger partial charge in [0.15, 0.2) is 5.78 Å². The van der Waals surface area contributed by atoms with Crippen LogP contribution in [0.25, 0.3) is 5.57 Å². The van der Waals surface area contributed by atoms with E-state index in [2.05, 4.69) is 42.2 Å². The van der Waals surface area contributed by atoms with Crippen LogP contribution in [0.4, 0.5) is 0 Å². The minimum Gasteiger partial charge on any atom is -0.295 e. The highest BCUT2D eigenvalue weighted by atomic mass is 16.1. The Bertz CT molecular complexity index is 735. The van der Waals surface area contributed by atoms with E-state index >= 15 is 0 Å². The quantitative estimate of drug-likeness (QED) is 0.855. The van der Waals surface area contributed by atoms with Gasteiger partial charge in [0.1, 0.15) is 0 Å². The van der Waals surface area contributed by atoms with E-state index in [-0.39, 0.29) is 5.92 Å². The van der Waals surface area contributed by atoms with Crippen molar-refractivity contribution in [3.8, 4) is 0 Å². The van der Waals surface area contributed by atoms with Gasteiger partial charge >= 0.3 is 0 Å². The Morgan fingerprint density at radius 3 is 2.26 bits per heavy atom. The van der Waals surface area contributed by atoms with Gasteiger partial charge in [-0.1, -0.05) is 66.7 Å². The highest BCUT2D eigenvalue weighted by Crippen LogP contribution is 2.40. The van der Waals surface area contributed by atoms with Crippen LogP contribution in [0.3, 0.4) is 0 Å². The fourth-order valence-electron chi connectivity index (χ4n) is 3.92. The third kappa shape index (κ3) is 2.53. The van der Waals surface area contributed by atoms with Crippen molar-refractivity contribution in [2.75, 3.05) is 13.1 Å². The van der Waals surface area contributed by atoms with Crippen molar-refractivity contribution in [1.82, 2.24) is 4.90 Å². The molecule has 3 atom stereocenters. The van der Waals surface area contributed by atoms with E-state index in [1.807, 2.05) is 36.4 Å². The summed E-state index contributed by atoms with van der Waals surface area (Å²) in [6.07, 6.45) is 2.21. The standard InChI is InChI=1S/C21H21NO/c1-15(16-8-4-2-5-9-16)22-13-18-12-19(21(23)20(18)14-22)17-10-6-3-7-11-17/h2-12,15,18,20H,13-14H2,1H3/t15-,18?,20?/m0/s1. The lowest BCUT2D eigenvalue weighted by atomic mass is 9.97. The van der Waals surface area contributed by atoms with Gasteiger partial charge in [-0.15, -0.1) is 0 Å². The minimum atomic E-state index is 0.136. The lowest BCUT2D eigenvalue weighted by Gasteiger charge is -2.25. The maximum absolute atomic E-state index is 12.8. The average molecular weight is 303 g/mol. The smallest absolute Gasteiger partial charge is 0.168 e. The van der Waals surface area contributed by atoms with E-state index in [0.717, 1.165) is 24.2 Å². The predicted molar refractivity (Wildman–Crippen MR) is 92.8 cm³/mol. The van der Waals surface area contributed by atoms with Crippen LogP contribution in [0, 0.1) is 11.8 Å². The van der Waals surface area contributed by atoms with Crippen molar-refractivity contribution in [2.24, 2.45) is 11.8 Å². The Morgan fingerprint density at radius 2 is 1.61 bits per heavy atom. The molecule has 2 heteroatoms. The average Bonchev–Trinajstić information content (AvgIpc) is 3.16. The van der Waals surface area contributed by atoms with Crippen molar-refractivity contribution in [1.29, 1.82) is 0 Å². The number of hydrogen-bond acceptors (Lipinski definition) is 2. The molecule has 0 N–H and O–H groups in total. The van der Waals surface area contributed by atoms with Crippen LogP contribution in [0.1, 0.15) is 24.1 Å². The highest BCUT2D eigenvalue weighted by Gasteiger charge is 2.43. The lowest BCUT2D eigenvalue weighted by Crippen LogP contribution is -2.26. The summed E-state index contributed by atoms with van der Waals surface area (Å²) in [7, 11) is 0. The molecular formula is C21H21NO. The van der Waals surface area contributed by atoms with Gasteiger partial charge in [-0.3, -0.25) is 9.69 Å². The molecule has 2 aliphatic rings. The number of allylic oxidation sites excluding steroid dienone is 1. The molecule has 0 saturated carbocycles. The maximum Gasteiger partial charge on any atom is 0.168 e. The molecule has 2 aromatic rings. The number of hydrogen-bond donors (Lipinski definition) is 0. The fraction of sp³-hybridized carbons (Fsp3) is 0.286. The number of ketones is 1. The molecule has 1 aliphatic carbocycles. The van der Waals surface area contributed by atoms with Gasteiger partial charge < -0.3 is 0 Å². The van der Waals surface area contributed by atoms with E-state index in [0.29, 0.717) is 17.7 Å². The zero-order chi connectivity index (χ0) is 15.8. The second kappa shape index (κ2) is 5.78. The third-order valence-corrected chi connectivity index (χ3v) is 5.29. The molecule has 0 spiro atoms. The Kier molecular flexibility index (Phi) is 3.62. The van der Waals surface area contributed by atoms with Crippen molar-refractivity contribution in [3.63, 3.8) is 0 Å². The molecule has 1 saturated heterocycles. The molecule has 0 bridgehead atoms. The van der Waals surface area contributed by atoms with Gasteiger partial charge in [0.2, 0.25) is 0 Å².